The molecular formula is C16H23F3N2O3. The minimum absolute atomic E-state index is 0.00104. The van der Waals surface area contributed by atoms with E-state index in [4.69, 9.17) is 10.6 Å². The Hall–Kier alpha value is -1.80. The van der Waals surface area contributed by atoms with Crippen LogP contribution in [0.3, 0.4) is 0 Å². The normalized spacial score (nSPS) is 12.9. The van der Waals surface area contributed by atoms with Gasteiger partial charge >= 0.3 is 12.3 Å². The molecule has 0 radical (unpaired) electrons. The van der Waals surface area contributed by atoms with E-state index in [2.05, 4.69) is 10.2 Å². The second-order valence-corrected chi connectivity index (χ2v) is 7.08. The number of hydrogen-bond donors (Lipinski definition) is 2. The molecule has 0 atom stereocenters. The predicted molar refractivity (Wildman–Crippen MR) is 84.5 cm³/mol. The lowest BCUT2D eigenvalue weighted by molar-refractivity contribution is -0.137. The number of alkyl halides is 3. The quantitative estimate of drug-likeness (QED) is 0.799. The third-order valence-electron chi connectivity index (χ3n) is 3.16. The highest BCUT2D eigenvalue weighted by Gasteiger charge is 2.33. The van der Waals surface area contributed by atoms with Gasteiger partial charge in [-0.15, -0.1) is 0 Å². The van der Waals surface area contributed by atoms with Crippen LogP contribution >= 0.6 is 0 Å². The lowest BCUT2D eigenvalue weighted by atomic mass is 9.83. The predicted octanol–water partition coefficient (Wildman–Crippen LogP) is 4.22. The van der Waals surface area contributed by atoms with Crippen LogP contribution in [0.15, 0.2) is 18.2 Å². The Bertz CT molecular complexity index is 593. The van der Waals surface area contributed by atoms with Crippen LogP contribution in [0, 0.1) is 0 Å². The molecule has 8 heteroatoms. The van der Waals surface area contributed by atoms with Crippen molar-refractivity contribution in [3.8, 4) is 0 Å². The fourth-order valence-corrected chi connectivity index (χ4v) is 2.11. The second-order valence-electron chi connectivity index (χ2n) is 7.08. The van der Waals surface area contributed by atoms with Gasteiger partial charge in [-0.1, -0.05) is 19.9 Å². The second kappa shape index (κ2) is 6.98. The molecule has 0 aliphatic carbocycles. The van der Waals surface area contributed by atoms with Crippen LogP contribution in [-0.4, -0.2) is 18.3 Å². The van der Waals surface area contributed by atoms with Gasteiger partial charge in [-0.05, 0) is 38.5 Å². The number of rotatable bonds is 4. The summed E-state index contributed by atoms with van der Waals surface area (Å²) in [6, 6.07) is 3.12. The van der Waals surface area contributed by atoms with Gasteiger partial charge in [0.1, 0.15) is 5.60 Å². The van der Waals surface area contributed by atoms with Crippen molar-refractivity contribution in [2.75, 3.05) is 11.9 Å². The molecule has 0 spiro atoms. The van der Waals surface area contributed by atoms with E-state index in [0.29, 0.717) is 5.56 Å². The Morgan fingerprint density at radius 2 is 1.75 bits per heavy atom. The Kier molecular flexibility index (Phi) is 5.89. The summed E-state index contributed by atoms with van der Waals surface area (Å²) >= 11 is 0. The first kappa shape index (κ1) is 20.2. The van der Waals surface area contributed by atoms with Crippen LogP contribution in [0.5, 0.6) is 0 Å². The molecule has 0 heterocycles. The van der Waals surface area contributed by atoms with Crippen LogP contribution in [-0.2, 0) is 21.2 Å². The SMILES string of the molecule is CC(C)(C)OC(=O)Nc1cc(C(F)(F)F)ccc1C(C)(C)CON. The monoisotopic (exact) mass is 348 g/mol. The van der Waals surface area contributed by atoms with Gasteiger partial charge in [0.2, 0.25) is 0 Å². The minimum Gasteiger partial charge on any atom is -0.444 e. The lowest BCUT2D eigenvalue weighted by Gasteiger charge is -2.28. The fourth-order valence-electron chi connectivity index (χ4n) is 2.11. The fraction of sp³-hybridized carbons (Fsp3) is 0.562. The topological polar surface area (TPSA) is 73.6 Å². The average molecular weight is 348 g/mol. The Balaban J connectivity index is 3.28. The number of carbonyl (C=O) groups excluding carboxylic acids is 1. The van der Waals surface area contributed by atoms with Crippen LogP contribution < -0.4 is 11.2 Å². The molecule has 0 aliphatic rings. The minimum atomic E-state index is -4.53. The van der Waals surface area contributed by atoms with Crippen molar-refractivity contribution in [3.63, 3.8) is 0 Å². The zero-order valence-corrected chi connectivity index (χ0v) is 14.4. The molecule has 0 unspecified atom stereocenters. The number of carbonyl (C=O) groups is 1. The first-order chi connectivity index (χ1) is 10.8. The van der Waals surface area contributed by atoms with Gasteiger partial charge in [0, 0.05) is 11.1 Å². The molecular weight excluding hydrogens is 325 g/mol. The summed E-state index contributed by atoms with van der Waals surface area (Å²) in [6.07, 6.45) is -5.37. The first-order valence-corrected chi connectivity index (χ1v) is 7.30. The highest BCUT2D eigenvalue weighted by molar-refractivity contribution is 5.86. The maximum Gasteiger partial charge on any atom is 0.416 e. The highest BCUT2D eigenvalue weighted by Crippen LogP contribution is 2.36. The summed E-state index contributed by atoms with van der Waals surface area (Å²) in [7, 11) is 0. The Labute approximate surface area is 139 Å². The van der Waals surface area contributed by atoms with Crippen LogP contribution in [0.1, 0.15) is 45.7 Å². The van der Waals surface area contributed by atoms with Crippen molar-refractivity contribution >= 4 is 11.8 Å². The van der Waals surface area contributed by atoms with Gasteiger partial charge in [0.15, 0.2) is 0 Å². The zero-order valence-electron chi connectivity index (χ0n) is 14.4. The maximum absolute atomic E-state index is 13.0. The molecule has 0 aliphatic heterocycles. The van der Waals surface area contributed by atoms with E-state index in [1.807, 2.05) is 0 Å². The molecule has 0 bridgehead atoms. The average Bonchev–Trinajstić information content (AvgIpc) is 2.34. The van der Waals surface area contributed by atoms with Crippen molar-refractivity contribution in [2.24, 2.45) is 5.90 Å². The molecule has 0 saturated heterocycles. The van der Waals surface area contributed by atoms with Crippen molar-refractivity contribution in [2.45, 2.75) is 51.8 Å². The molecule has 1 rings (SSSR count). The maximum atomic E-state index is 13.0. The molecule has 0 aromatic heterocycles. The standard InChI is InChI=1S/C16H23F3N2O3/c1-14(2,3)24-13(22)21-12-8-10(16(17,18)19)6-7-11(12)15(4,5)9-23-20/h6-8H,9,20H2,1-5H3,(H,21,22). The number of halogens is 3. The molecule has 136 valence electrons. The summed E-state index contributed by atoms with van der Waals surface area (Å²) in [5.41, 5.74) is -1.92. The summed E-state index contributed by atoms with van der Waals surface area (Å²) in [4.78, 5) is 16.6. The molecule has 24 heavy (non-hydrogen) atoms. The smallest absolute Gasteiger partial charge is 0.416 e. The molecule has 1 amide bonds. The van der Waals surface area contributed by atoms with Gasteiger partial charge in [-0.25, -0.2) is 10.7 Å². The van der Waals surface area contributed by atoms with Crippen molar-refractivity contribution in [3.05, 3.63) is 29.3 Å². The van der Waals surface area contributed by atoms with Crippen LogP contribution in [0.4, 0.5) is 23.7 Å². The van der Waals surface area contributed by atoms with Gasteiger partial charge in [0.25, 0.3) is 0 Å². The van der Waals surface area contributed by atoms with E-state index in [9.17, 15) is 18.0 Å². The Morgan fingerprint density at radius 1 is 1.17 bits per heavy atom. The summed E-state index contributed by atoms with van der Waals surface area (Å²) < 4.78 is 44.0. The van der Waals surface area contributed by atoms with Gasteiger partial charge in [-0.3, -0.25) is 5.32 Å². The van der Waals surface area contributed by atoms with Crippen LogP contribution in [0.25, 0.3) is 0 Å². The number of anilines is 1. The number of nitrogens with one attached hydrogen (secondary N) is 1. The zero-order chi connectivity index (χ0) is 18.8. The molecule has 3 N–H and O–H groups in total. The van der Waals surface area contributed by atoms with E-state index in [0.717, 1.165) is 12.1 Å². The highest BCUT2D eigenvalue weighted by atomic mass is 19.4. The summed E-state index contributed by atoms with van der Waals surface area (Å²) in [6.45, 7) is 8.51. The lowest BCUT2D eigenvalue weighted by Crippen LogP contribution is -2.31. The van der Waals surface area contributed by atoms with Gasteiger partial charge in [0.05, 0.1) is 12.2 Å². The molecule has 1 aromatic rings. The molecule has 0 fully saturated rings. The largest absolute Gasteiger partial charge is 0.444 e. The molecule has 1 aromatic carbocycles. The number of ether oxygens (including phenoxy) is 1. The van der Waals surface area contributed by atoms with Crippen molar-refractivity contribution < 1.29 is 27.5 Å². The van der Waals surface area contributed by atoms with E-state index in [-0.39, 0.29) is 12.3 Å². The number of amides is 1. The van der Waals surface area contributed by atoms with Crippen molar-refractivity contribution in [1.29, 1.82) is 0 Å². The van der Waals surface area contributed by atoms with E-state index < -0.39 is 28.8 Å². The number of hydrogen-bond acceptors (Lipinski definition) is 4. The van der Waals surface area contributed by atoms with Gasteiger partial charge < -0.3 is 9.57 Å². The number of benzene rings is 1. The van der Waals surface area contributed by atoms with E-state index in [1.54, 1.807) is 34.6 Å². The Morgan fingerprint density at radius 3 is 2.21 bits per heavy atom. The summed E-state index contributed by atoms with van der Waals surface area (Å²) in [5, 5.41) is 2.39. The van der Waals surface area contributed by atoms with E-state index >= 15 is 0 Å². The third-order valence-corrected chi connectivity index (χ3v) is 3.16. The van der Waals surface area contributed by atoms with E-state index in [1.165, 1.54) is 6.07 Å². The third kappa shape index (κ3) is 5.68. The van der Waals surface area contributed by atoms with Crippen LogP contribution in [0.2, 0.25) is 0 Å². The number of nitrogens with two attached hydrogens (primary N) is 1. The molecule has 5 nitrogen and oxygen atoms in total. The van der Waals surface area contributed by atoms with Gasteiger partial charge in [-0.2, -0.15) is 13.2 Å². The first-order valence-electron chi connectivity index (χ1n) is 7.30. The van der Waals surface area contributed by atoms with Crippen molar-refractivity contribution in [1.82, 2.24) is 0 Å². The summed E-state index contributed by atoms with van der Waals surface area (Å²) in [5.74, 6) is 5.09. The molecule has 0 saturated carbocycles.